The van der Waals surface area contributed by atoms with Crippen molar-refractivity contribution >= 4 is 23.4 Å². The molecule has 0 aliphatic carbocycles. The second-order valence-electron chi connectivity index (χ2n) is 3.67. The van der Waals surface area contributed by atoms with Gasteiger partial charge in [0.25, 0.3) is 5.91 Å². The summed E-state index contributed by atoms with van der Waals surface area (Å²) in [4.78, 5) is 12.7. The van der Waals surface area contributed by atoms with Crippen LogP contribution in [0.1, 0.15) is 10.4 Å². The number of thioether (sulfide) groups is 1. The van der Waals surface area contributed by atoms with E-state index in [2.05, 4.69) is 5.32 Å². The van der Waals surface area contributed by atoms with Crippen LogP contribution in [-0.4, -0.2) is 12.2 Å². The van der Waals surface area contributed by atoms with Crippen molar-refractivity contribution in [3.63, 3.8) is 0 Å². The Hall–Kier alpha value is -1.81. The fourth-order valence-electron chi connectivity index (χ4n) is 1.51. The minimum atomic E-state index is -0.425. The van der Waals surface area contributed by atoms with Crippen LogP contribution in [0.4, 0.5) is 10.1 Å². The van der Waals surface area contributed by atoms with Crippen LogP contribution in [0.2, 0.25) is 0 Å². The summed E-state index contributed by atoms with van der Waals surface area (Å²) in [6.45, 7) is 0. The monoisotopic (exact) mass is 261 g/mol. The molecule has 0 aromatic heterocycles. The van der Waals surface area contributed by atoms with Gasteiger partial charge in [-0.25, -0.2) is 4.39 Å². The zero-order chi connectivity index (χ0) is 13.0. The van der Waals surface area contributed by atoms with E-state index in [1.165, 1.54) is 17.8 Å². The van der Waals surface area contributed by atoms with E-state index in [4.69, 9.17) is 0 Å². The number of rotatable bonds is 3. The van der Waals surface area contributed by atoms with Gasteiger partial charge >= 0.3 is 0 Å². The number of hydrogen-bond donors (Lipinski definition) is 1. The van der Waals surface area contributed by atoms with Crippen molar-refractivity contribution in [2.75, 3.05) is 11.6 Å². The van der Waals surface area contributed by atoms with Gasteiger partial charge in [-0.15, -0.1) is 11.8 Å². The van der Waals surface area contributed by atoms with Gasteiger partial charge in [0.15, 0.2) is 0 Å². The number of benzene rings is 2. The van der Waals surface area contributed by atoms with Gasteiger partial charge in [-0.3, -0.25) is 4.79 Å². The van der Waals surface area contributed by atoms with Crippen molar-refractivity contribution in [1.82, 2.24) is 0 Å². The van der Waals surface area contributed by atoms with Gasteiger partial charge in [0.1, 0.15) is 5.82 Å². The van der Waals surface area contributed by atoms with E-state index in [1.807, 2.05) is 12.3 Å². The molecule has 0 aliphatic heterocycles. The zero-order valence-electron chi connectivity index (χ0n) is 9.81. The summed E-state index contributed by atoms with van der Waals surface area (Å²) in [7, 11) is 0. The molecule has 0 unspecified atom stereocenters. The summed E-state index contributed by atoms with van der Waals surface area (Å²) in [5.41, 5.74) is 0.701. The predicted octanol–water partition coefficient (Wildman–Crippen LogP) is 3.80. The second kappa shape index (κ2) is 5.69. The quantitative estimate of drug-likeness (QED) is 0.851. The highest BCUT2D eigenvalue weighted by Gasteiger charge is 2.09. The molecule has 0 saturated heterocycles. The number of hydrogen-bond acceptors (Lipinski definition) is 2. The normalized spacial score (nSPS) is 10.1. The lowest BCUT2D eigenvalue weighted by Gasteiger charge is -2.07. The van der Waals surface area contributed by atoms with Crippen LogP contribution in [0.25, 0.3) is 0 Å². The van der Waals surface area contributed by atoms with Gasteiger partial charge in [-0.05, 0) is 36.6 Å². The van der Waals surface area contributed by atoms with Crippen molar-refractivity contribution in [2.24, 2.45) is 0 Å². The van der Waals surface area contributed by atoms with Crippen molar-refractivity contribution in [3.8, 4) is 0 Å². The first-order chi connectivity index (χ1) is 8.70. The molecule has 0 aliphatic rings. The molecule has 2 aromatic rings. The van der Waals surface area contributed by atoms with E-state index in [-0.39, 0.29) is 11.6 Å². The molecule has 0 heterocycles. The van der Waals surface area contributed by atoms with E-state index >= 15 is 0 Å². The Labute approximate surface area is 109 Å². The first-order valence-corrected chi connectivity index (χ1v) is 6.63. The summed E-state index contributed by atoms with van der Waals surface area (Å²) in [5, 5.41) is 2.55. The van der Waals surface area contributed by atoms with E-state index in [9.17, 15) is 9.18 Å². The van der Waals surface area contributed by atoms with Crippen LogP contribution >= 0.6 is 11.8 Å². The number of nitrogens with one attached hydrogen (secondary N) is 1. The minimum absolute atomic E-state index is 0.196. The standard InChI is InChI=1S/C14H12FNOS/c1-18-11-7-8-13(12(15)9-11)16-14(17)10-5-3-2-4-6-10/h2-9H,1H3,(H,16,17). The summed E-state index contributed by atoms with van der Waals surface area (Å²) < 4.78 is 13.7. The molecular formula is C14H12FNOS. The topological polar surface area (TPSA) is 29.1 Å². The van der Waals surface area contributed by atoms with Crippen molar-refractivity contribution in [3.05, 3.63) is 59.9 Å². The molecular weight excluding hydrogens is 249 g/mol. The Morgan fingerprint density at radius 1 is 1.17 bits per heavy atom. The molecule has 2 rings (SSSR count). The van der Waals surface area contributed by atoms with E-state index in [0.717, 1.165) is 4.90 Å². The van der Waals surface area contributed by atoms with Crippen LogP contribution in [0.15, 0.2) is 53.4 Å². The number of carbonyl (C=O) groups is 1. The van der Waals surface area contributed by atoms with Crippen LogP contribution in [0, 0.1) is 5.82 Å². The molecule has 2 aromatic carbocycles. The summed E-state index contributed by atoms with van der Waals surface area (Å²) in [5.74, 6) is -0.738. The van der Waals surface area contributed by atoms with Crippen LogP contribution in [-0.2, 0) is 0 Å². The van der Waals surface area contributed by atoms with Crippen molar-refractivity contribution in [1.29, 1.82) is 0 Å². The average molecular weight is 261 g/mol. The SMILES string of the molecule is CSc1ccc(NC(=O)c2ccccc2)c(F)c1. The molecule has 4 heteroatoms. The maximum absolute atomic E-state index is 13.7. The molecule has 0 saturated carbocycles. The minimum Gasteiger partial charge on any atom is -0.319 e. The third kappa shape index (κ3) is 2.90. The largest absolute Gasteiger partial charge is 0.319 e. The highest BCUT2D eigenvalue weighted by molar-refractivity contribution is 7.98. The lowest BCUT2D eigenvalue weighted by Crippen LogP contribution is -2.12. The number of carbonyl (C=O) groups excluding carboxylic acids is 1. The van der Waals surface area contributed by atoms with E-state index in [0.29, 0.717) is 5.56 Å². The lowest BCUT2D eigenvalue weighted by atomic mass is 10.2. The van der Waals surface area contributed by atoms with Crippen LogP contribution in [0.3, 0.4) is 0 Å². The molecule has 0 atom stereocenters. The smallest absolute Gasteiger partial charge is 0.255 e. The maximum Gasteiger partial charge on any atom is 0.255 e. The maximum atomic E-state index is 13.7. The van der Waals surface area contributed by atoms with Crippen molar-refractivity contribution in [2.45, 2.75) is 4.90 Å². The van der Waals surface area contributed by atoms with E-state index < -0.39 is 5.82 Å². The van der Waals surface area contributed by atoms with Crippen molar-refractivity contribution < 1.29 is 9.18 Å². The Balaban J connectivity index is 2.17. The van der Waals surface area contributed by atoms with Crippen LogP contribution < -0.4 is 5.32 Å². The summed E-state index contributed by atoms with van der Waals surface area (Å²) in [6.07, 6.45) is 1.87. The molecule has 18 heavy (non-hydrogen) atoms. The van der Waals surface area contributed by atoms with Gasteiger partial charge in [0.2, 0.25) is 0 Å². The van der Waals surface area contributed by atoms with Gasteiger partial charge in [-0.1, -0.05) is 18.2 Å². The molecule has 1 amide bonds. The number of anilines is 1. The van der Waals surface area contributed by atoms with E-state index in [1.54, 1.807) is 36.4 Å². The molecule has 0 radical (unpaired) electrons. The lowest BCUT2D eigenvalue weighted by molar-refractivity contribution is 0.102. The van der Waals surface area contributed by atoms with Gasteiger partial charge < -0.3 is 5.32 Å². The highest BCUT2D eigenvalue weighted by atomic mass is 32.2. The Bertz CT molecular complexity index is 557. The molecule has 0 spiro atoms. The molecule has 0 bridgehead atoms. The highest BCUT2D eigenvalue weighted by Crippen LogP contribution is 2.22. The van der Waals surface area contributed by atoms with Gasteiger partial charge in [-0.2, -0.15) is 0 Å². The average Bonchev–Trinajstić information content (AvgIpc) is 2.42. The van der Waals surface area contributed by atoms with Crippen LogP contribution in [0.5, 0.6) is 0 Å². The molecule has 92 valence electrons. The Kier molecular flexibility index (Phi) is 3.99. The fourth-order valence-corrected chi connectivity index (χ4v) is 1.93. The molecule has 1 N–H and O–H groups in total. The molecule has 2 nitrogen and oxygen atoms in total. The predicted molar refractivity (Wildman–Crippen MR) is 72.6 cm³/mol. The van der Waals surface area contributed by atoms with Gasteiger partial charge in [0.05, 0.1) is 5.69 Å². The zero-order valence-corrected chi connectivity index (χ0v) is 10.6. The third-order valence-corrected chi connectivity index (χ3v) is 3.19. The first kappa shape index (κ1) is 12.6. The Morgan fingerprint density at radius 2 is 1.89 bits per heavy atom. The number of halogens is 1. The fraction of sp³-hybridized carbons (Fsp3) is 0.0714. The summed E-state index contributed by atoms with van der Waals surface area (Å²) in [6, 6.07) is 13.5. The molecule has 0 fully saturated rings. The first-order valence-electron chi connectivity index (χ1n) is 5.40. The summed E-state index contributed by atoms with van der Waals surface area (Å²) >= 11 is 1.45. The number of amides is 1. The third-order valence-electron chi connectivity index (χ3n) is 2.46. The van der Waals surface area contributed by atoms with Gasteiger partial charge in [0, 0.05) is 10.5 Å². The Morgan fingerprint density at radius 3 is 2.50 bits per heavy atom. The second-order valence-corrected chi connectivity index (χ2v) is 4.55.